The molecule has 0 aliphatic heterocycles. The normalized spacial score (nSPS) is 12.9. The second kappa shape index (κ2) is 3.73. The van der Waals surface area contributed by atoms with Crippen molar-refractivity contribution in [3.05, 3.63) is 29.8 Å². The number of phenols is 1. The first-order valence-corrected chi connectivity index (χ1v) is 4.45. The summed E-state index contributed by atoms with van der Waals surface area (Å²) in [5.41, 5.74) is 1.77. The number of aromatic hydroxyl groups is 1. The van der Waals surface area contributed by atoms with E-state index in [2.05, 4.69) is 16.2 Å². The van der Waals surface area contributed by atoms with Gasteiger partial charge in [-0.15, -0.1) is 9.24 Å². The van der Waals surface area contributed by atoms with Crippen LogP contribution < -0.4 is 0 Å². The van der Waals surface area contributed by atoms with Crippen LogP contribution >= 0.6 is 9.24 Å². The van der Waals surface area contributed by atoms with E-state index in [1.807, 2.05) is 12.1 Å². The zero-order valence-corrected chi connectivity index (χ0v) is 7.77. The summed E-state index contributed by atoms with van der Waals surface area (Å²) < 4.78 is 0. The molecule has 0 saturated heterocycles. The molecule has 1 aromatic carbocycles. The summed E-state index contributed by atoms with van der Waals surface area (Å²) in [6.45, 7) is 2.14. The largest absolute Gasteiger partial charge is 0.508 e. The van der Waals surface area contributed by atoms with E-state index in [-0.39, 0.29) is 0 Å². The standard InChI is InChI=1S/C9H13OP/c1-2-9(11)7-3-5-8(10)6-4-7/h3-6,9-10H,2,11H2,1H3. The van der Waals surface area contributed by atoms with Crippen LogP contribution in [0.4, 0.5) is 0 Å². The van der Waals surface area contributed by atoms with E-state index in [1.54, 1.807) is 12.1 Å². The van der Waals surface area contributed by atoms with Crippen molar-refractivity contribution in [3.8, 4) is 5.75 Å². The van der Waals surface area contributed by atoms with Crippen molar-refractivity contribution >= 4 is 9.24 Å². The molecule has 2 heteroatoms. The van der Waals surface area contributed by atoms with Crippen LogP contribution in [-0.4, -0.2) is 5.11 Å². The van der Waals surface area contributed by atoms with E-state index in [1.165, 1.54) is 5.56 Å². The molecule has 0 spiro atoms. The van der Waals surface area contributed by atoms with Gasteiger partial charge in [-0.25, -0.2) is 0 Å². The van der Waals surface area contributed by atoms with E-state index < -0.39 is 0 Å². The molecule has 0 bridgehead atoms. The minimum absolute atomic E-state index is 0.335. The van der Waals surface area contributed by atoms with Gasteiger partial charge in [0.15, 0.2) is 0 Å². The first-order valence-electron chi connectivity index (χ1n) is 3.78. The van der Waals surface area contributed by atoms with Gasteiger partial charge in [0.05, 0.1) is 0 Å². The fourth-order valence-corrected chi connectivity index (χ4v) is 1.18. The molecule has 1 nitrogen and oxygen atoms in total. The molecule has 0 heterocycles. The Morgan fingerprint density at radius 2 is 1.91 bits per heavy atom. The summed E-state index contributed by atoms with van der Waals surface area (Å²) in [6.07, 6.45) is 1.11. The molecular formula is C9H13OP. The van der Waals surface area contributed by atoms with E-state index >= 15 is 0 Å². The average Bonchev–Trinajstić information content (AvgIpc) is 2.05. The Morgan fingerprint density at radius 3 is 2.36 bits per heavy atom. The zero-order chi connectivity index (χ0) is 8.27. The molecule has 1 N–H and O–H groups in total. The maximum absolute atomic E-state index is 9.00. The van der Waals surface area contributed by atoms with Crippen molar-refractivity contribution < 1.29 is 5.11 Å². The molecule has 0 aliphatic rings. The second-order valence-corrected chi connectivity index (χ2v) is 3.41. The van der Waals surface area contributed by atoms with E-state index in [0.717, 1.165) is 6.42 Å². The topological polar surface area (TPSA) is 20.2 Å². The number of phenolic OH excluding ortho intramolecular Hbond substituents is 1. The van der Waals surface area contributed by atoms with Gasteiger partial charge in [0.2, 0.25) is 0 Å². The van der Waals surface area contributed by atoms with Crippen molar-refractivity contribution in [1.29, 1.82) is 0 Å². The molecule has 0 saturated carbocycles. The minimum Gasteiger partial charge on any atom is -0.508 e. The van der Waals surface area contributed by atoms with Crippen molar-refractivity contribution in [1.82, 2.24) is 0 Å². The van der Waals surface area contributed by atoms with Crippen molar-refractivity contribution in [2.24, 2.45) is 0 Å². The first kappa shape index (κ1) is 8.55. The summed E-state index contributed by atoms with van der Waals surface area (Å²) in [5.74, 6) is 0.335. The van der Waals surface area contributed by atoms with Gasteiger partial charge in [-0.05, 0) is 29.8 Å². The predicted molar refractivity (Wildman–Crippen MR) is 50.8 cm³/mol. The van der Waals surface area contributed by atoms with Crippen molar-refractivity contribution in [3.63, 3.8) is 0 Å². The molecular weight excluding hydrogens is 155 g/mol. The van der Waals surface area contributed by atoms with Crippen molar-refractivity contribution in [2.75, 3.05) is 0 Å². The highest BCUT2D eigenvalue weighted by atomic mass is 31.0. The SMILES string of the molecule is CCC(P)c1ccc(O)cc1. The number of rotatable bonds is 2. The molecule has 1 aromatic rings. The number of benzene rings is 1. The average molecular weight is 168 g/mol. The molecule has 2 unspecified atom stereocenters. The lowest BCUT2D eigenvalue weighted by Gasteiger charge is -2.07. The van der Waals surface area contributed by atoms with Crippen LogP contribution in [-0.2, 0) is 0 Å². The summed E-state index contributed by atoms with van der Waals surface area (Å²) in [6, 6.07) is 7.36. The summed E-state index contributed by atoms with van der Waals surface area (Å²) >= 11 is 0. The highest BCUT2D eigenvalue weighted by Crippen LogP contribution is 2.26. The molecule has 60 valence electrons. The Kier molecular flexibility index (Phi) is 2.90. The van der Waals surface area contributed by atoms with Crippen LogP contribution in [0.25, 0.3) is 0 Å². The van der Waals surface area contributed by atoms with Gasteiger partial charge < -0.3 is 5.11 Å². The van der Waals surface area contributed by atoms with E-state index in [4.69, 9.17) is 5.11 Å². The lowest BCUT2D eigenvalue weighted by atomic mass is 10.1. The smallest absolute Gasteiger partial charge is 0.115 e. The third-order valence-electron chi connectivity index (χ3n) is 1.76. The summed E-state index contributed by atoms with van der Waals surface area (Å²) in [5, 5.41) is 9.00. The van der Waals surface area contributed by atoms with E-state index in [9.17, 15) is 0 Å². The molecule has 0 radical (unpaired) electrons. The monoisotopic (exact) mass is 168 g/mol. The van der Waals surface area contributed by atoms with Gasteiger partial charge in [-0.3, -0.25) is 0 Å². The molecule has 1 rings (SSSR count). The third kappa shape index (κ3) is 2.20. The van der Waals surface area contributed by atoms with Gasteiger partial charge >= 0.3 is 0 Å². The number of hydrogen-bond donors (Lipinski definition) is 1. The molecule has 0 fully saturated rings. The lowest BCUT2D eigenvalue weighted by molar-refractivity contribution is 0.475. The van der Waals surface area contributed by atoms with Gasteiger partial charge in [0.25, 0.3) is 0 Å². The molecule has 0 aromatic heterocycles. The molecule has 0 aliphatic carbocycles. The van der Waals surface area contributed by atoms with Crippen LogP contribution in [0, 0.1) is 0 Å². The van der Waals surface area contributed by atoms with Gasteiger partial charge in [0, 0.05) is 0 Å². The van der Waals surface area contributed by atoms with Crippen LogP contribution in [0.2, 0.25) is 0 Å². The Balaban J connectivity index is 2.81. The Bertz CT molecular complexity index is 218. The first-order chi connectivity index (χ1) is 5.24. The van der Waals surface area contributed by atoms with Gasteiger partial charge in [-0.1, -0.05) is 19.1 Å². The summed E-state index contributed by atoms with van der Waals surface area (Å²) in [7, 11) is 2.78. The Morgan fingerprint density at radius 1 is 1.36 bits per heavy atom. The fraction of sp³-hybridized carbons (Fsp3) is 0.333. The highest BCUT2D eigenvalue weighted by Gasteiger charge is 2.00. The second-order valence-electron chi connectivity index (χ2n) is 2.61. The quantitative estimate of drug-likeness (QED) is 0.673. The summed E-state index contributed by atoms with van der Waals surface area (Å²) in [4.78, 5) is 0. The number of hydrogen-bond acceptors (Lipinski definition) is 1. The Hall–Kier alpha value is -0.550. The molecule has 11 heavy (non-hydrogen) atoms. The van der Waals surface area contributed by atoms with Gasteiger partial charge in [0.1, 0.15) is 5.75 Å². The highest BCUT2D eigenvalue weighted by molar-refractivity contribution is 7.17. The molecule has 2 atom stereocenters. The zero-order valence-electron chi connectivity index (χ0n) is 6.62. The predicted octanol–water partition coefficient (Wildman–Crippen LogP) is 2.72. The van der Waals surface area contributed by atoms with E-state index in [0.29, 0.717) is 11.4 Å². The lowest BCUT2D eigenvalue weighted by Crippen LogP contribution is -1.85. The van der Waals surface area contributed by atoms with Crippen LogP contribution in [0.1, 0.15) is 24.6 Å². The Labute approximate surface area is 69.7 Å². The maximum atomic E-state index is 9.00. The van der Waals surface area contributed by atoms with Crippen LogP contribution in [0.3, 0.4) is 0 Å². The van der Waals surface area contributed by atoms with Crippen LogP contribution in [0.15, 0.2) is 24.3 Å². The van der Waals surface area contributed by atoms with Crippen LogP contribution in [0.5, 0.6) is 5.75 Å². The minimum atomic E-state index is 0.335. The van der Waals surface area contributed by atoms with Crippen molar-refractivity contribution in [2.45, 2.75) is 19.0 Å². The fourth-order valence-electron chi connectivity index (χ4n) is 0.957. The van der Waals surface area contributed by atoms with Gasteiger partial charge in [-0.2, -0.15) is 0 Å². The third-order valence-corrected chi connectivity index (χ3v) is 2.62. The maximum Gasteiger partial charge on any atom is 0.115 e. The molecule has 0 amide bonds.